The maximum Gasteiger partial charge on any atom is 0.320 e. The highest BCUT2D eigenvalue weighted by Gasteiger charge is 2.17. The summed E-state index contributed by atoms with van der Waals surface area (Å²) in [4.78, 5) is 34.8. The molecule has 1 rings (SSSR count). The van der Waals surface area contributed by atoms with E-state index in [4.69, 9.17) is 5.11 Å². The van der Waals surface area contributed by atoms with Gasteiger partial charge in [0.1, 0.15) is 6.04 Å². The lowest BCUT2D eigenvalue weighted by Gasteiger charge is -2.14. The Kier molecular flexibility index (Phi) is 8.07. The third kappa shape index (κ3) is 6.93. The predicted octanol–water partition coefficient (Wildman–Crippen LogP) is 1.51. The fourth-order valence-corrected chi connectivity index (χ4v) is 2.62. The molecule has 7 nitrogen and oxygen atoms in total. The number of hydrogen-bond acceptors (Lipinski definition) is 4. The number of aliphatic carboxylic acids is 1. The van der Waals surface area contributed by atoms with Crippen LogP contribution in [-0.4, -0.2) is 42.0 Å². The van der Waals surface area contributed by atoms with Crippen LogP contribution in [0.2, 0.25) is 0 Å². The van der Waals surface area contributed by atoms with Gasteiger partial charge in [0, 0.05) is 5.69 Å². The molecule has 0 saturated heterocycles. The third-order valence-electron chi connectivity index (χ3n) is 3.77. The average Bonchev–Trinajstić information content (AvgIpc) is 2.52. The number of hydrogen-bond donors (Lipinski definition) is 4. The molecule has 2 amide bonds. The number of anilines is 1. The predicted molar refractivity (Wildman–Crippen MR) is 96.6 cm³/mol. The lowest BCUT2D eigenvalue weighted by Crippen LogP contribution is -2.44. The van der Waals surface area contributed by atoms with Gasteiger partial charge in [0.15, 0.2) is 0 Å². The SMILES string of the molecule is CCCC(NCC(=O)NCC(=O)Nc1c(C)cc(C)cc1C)C(=O)O. The third-order valence-corrected chi connectivity index (χ3v) is 3.77. The molecule has 1 aromatic carbocycles. The van der Waals surface area contributed by atoms with Crippen molar-refractivity contribution >= 4 is 23.5 Å². The lowest BCUT2D eigenvalue weighted by molar-refractivity contribution is -0.139. The smallest absolute Gasteiger partial charge is 0.320 e. The zero-order valence-electron chi connectivity index (χ0n) is 15.2. The molecule has 0 fully saturated rings. The molecule has 25 heavy (non-hydrogen) atoms. The molecule has 0 aliphatic carbocycles. The Morgan fingerprint density at radius 2 is 1.64 bits per heavy atom. The molecular weight excluding hydrogens is 322 g/mol. The summed E-state index contributed by atoms with van der Waals surface area (Å²) in [5.41, 5.74) is 3.79. The van der Waals surface area contributed by atoms with E-state index in [9.17, 15) is 14.4 Å². The highest BCUT2D eigenvalue weighted by Crippen LogP contribution is 2.21. The Morgan fingerprint density at radius 1 is 1.04 bits per heavy atom. The summed E-state index contributed by atoms with van der Waals surface area (Å²) >= 11 is 0. The van der Waals surface area contributed by atoms with Crippen LogP contribution < -0.4 is 16.0 Å². The van der Waals surface area contributed by atoms with Crippen molar-refractivity contribution < 1.29 is 19.5 Å². The van der Waals surface area contributed by atoms with Crippen LogP contribution in [-0.2, 0) is 14.4 Å². The Morgan fingerprint density at radius 3 is 2.16 bits per heavy atom. The van der Waals surface area contributed by atoms with E-state index in [2.05, 4.69) is 16.0 Å². The Balaban J connectivity index is 2.46. The van der Waals surface area contributed by atoms with Gasteiger partial charge in [-0.3, -0.25) is 19.7 Å². The summed E-state index contributed by atoms with van der Waals surface area (Å²) in [5, 5.41) is 17.0. The van der Waals surface area contributed by atoms with Gasteiger partial charge in [-0.2, -0.15) is 0 Å². The fraction of sp³-hybridized carbons (Fsp3) is 0.500. The molecule has 1 aromatic rings. The monoisotopic (exact) mass is 349 g/mol. The maximum absolute atomic E-state index is 12.0. The summed E-state index contributed by atoms with van der Waals surface area (Å²) in [5.74, 6) is -1.74. The number of carboxylic acids is 1. The molecule has 0 saturated carbocycles. The molecular formula is C18H27N3O4. The Bertz CT molecular complexity index is 620. The standard InChI is InChI=1S/C18H27N3O4/c1-5-6-14(18(24)25)19-9-15(22)20-10-16(23)21-17-12(3)7-11(2)8-13(17)4/h7-8,14,19H,5-6,9-10H2,1-4H3,(H,20,22)(H,21,23)(H,24,25). The van der Waals surface area contributed by atoms with Crippen molar-refractivity contribution in [1.82, 2.24) is 10.6 Å². The molecule has 0 spiro atoms. The minimum Gasteiger partial charge on any atom is -0.480 e. The molecule has 0 heterocycles. The molecule has 1 unspecified atom stereocenters. The fourth-order valence-electron chi connectivity index (χ4n) is 2.62. The van der Waals surface area contributed by atoms with Crippen molar-refractivity contribution in [3.63, 3.8) is 0 Å². The summed E-state index contributed by atoms with van der Waals surface area (Å²) in [6.07, 6.45) is 1.14. The van der Waals surface area contributed by atoms with E-state index in [-0.39, 0.29) is 19.0 Å². The number of rotatable bonds is 9. The van der Waals surface area contributed by atoms with Crippen LogP contribution in [0.15, 0.2) is 12.1 Å². The van der Waals surface area contributed by atoms with Gasteiger partial charge >= 0.3 is 5.97 Å². The highest BCUT2D eigenvalue weighted by molar-refractivity contribution is 5.96. The Labute approximate surface area is 148 Å². The number of carboxylic acid groups (broad SMARTS) is 1. The van der Waals surface area contributed by atoms with Gasteiger partial charge in [-0.15, -0.1) is 0 Å². The molecule has 7 heteroatoms. The van der Waals surface area contributed by atoms with Crippen molar-refractivity contribution in [2.24, 2.45) is 0 Å². The normalized spacial score (nSPS) is 11.7. The zero-order valence-corrected chi connectivity index (χ0v) is 15.2. The van der Waals surface area contributed by atoms with Crippen molar-refractivity contribution in [2.45, 2.75) is 46.6 Å². The first-order valence-corrected chi connectivity index (χ1v) is 8.35. The number of nitrogens with one attached hydrogen (secondary N) is 3. The number of amides is 2. The van der Waals surface area contributed by atoms with Crippen LogP contribution in [0.5, 0.6) is 0 Å². The van der Waals surface area contributed by atoms with Crippen LogP contribution in [0.25, 0.3) is 0 Å². The number of benzene rings is 1. The first-order chi connectivity index (χ1) is 11.7. The van der Waals surface area contributed by atoms with Gasteiger partial charge < -0.3 is 15.7 Å². The summed E-state index contributed by atoms with van der Waals surface area (Å²) in [6, 6.07) is 3.19. The molecule has 0 aliphatic rings. The van der Waals surface area contributed by atoms with Gasteiger partial charge in [0.05, 0.1) is 13.1 Å². The van der Waals surface area contributed by atoms with Gasteiger partial charge in [-0.05, 0) is 38.3 Å². The van der Waals surface area contributed by atoms with E-state index in [1.807, 2.05) is 39.8 Å². The molecule has 4 N–H and O–H groups in total. The molecule has 0 bridgehead atoms. The number of aryl methyl sites for hydroxylation is 3. The number of carbonyl (C=O) groups is 3. The zero-order chi connectivity index (χ0) is 19.0. The average molecular weight is 349 g/mol. The van der Waals surface area contributed by atoms with E-state index in [1.165, 1.54) is 0 Å². The quantitative estimate of drug-likeness (QED) is 0.540. The van der Waals surface area contributed by atoms with Crippen LogP contribution in [0.4, 0.5) is 5.69 Å². The second-order valence-electron chi connectivity index (χ2n) is 6.16. The first-order valence-electron chi connectivity index (χ1n) is 8.35. The lowest BCUT2D eigenvalue weighted by atomic mass is 10.1. The van der Waals surface area contributed by atoms with E-state index in [1.54, 1.807) is 0 Å². The minimum absolute atomic E-state index is 0.146. The molecule has 1 atom stereocenters. The van der Waals surface area contributed by atoms with Crippen molar-refractivity contribution in [2.75, 3.05) is 18.4 Å². The summed E-state index contributed by atoms with van der Waals surface area (Å²) < 4.78 is 0. The highest BCUT2D eigenvalue weighted by atomic mass is 16.4. The van der Waals surface area contributed by atoms with Crippen molar-refractivity contribution in [3.8, 4) is 0 Å². The number of carbonyl (C=O) groups excluding carboxylic acids is 2. The minimum atomic E-state index is -0.988. The van der Waals surface area contributed by atoms with E-state index in [0.717, 1.165) is 22.4 Å². The van der Waals surface area contributed by atoms with Gasteiger partial charge in [0.25, 0.3) is 0 Å². The topological polar surface area (TPSA) is 108 Å². The van der Waals surface area contributed by atoms with E-state index >= 15 is 0 Å². The van der Waals surface area contributed by atoms with E-state index < -0.39 is 17.9 Å². The van der Waals surface area contributed by atoms with Gasteiger partial charge in [-0.1, -0.05) is 31.0 Å². The van der Waals surface area contributed by atoms with Crippen LogP contribution in [0.3, 0.4) is 0 Å². The maximum atomic E-state index is 12.0. The molecule has 0 aliphatic heterocycles. The van der Waals surface area contributed by atoms with Crippen LogP contribution >= 0.6 is 0 Å². The second kappa shape index (κ2) is 9.78. The first kappa shape index (κ1) is 20.6. The van der Waals surface area contributed by atoms with Crippen LogP contribution in [0, 0.1) is 20.8 Å². The van der Waals surface area contributed by atoms with Gasteiger partial charge in [0.2, 0.25) is 11.8 Å². The second-order valence-corrected chi connectivity index (χ2v) is 6.16. The molecule has 0 aromatic heterocycles. The van der Waals surface area contributed by atoms with Gasteiger partial charge in [-0.25, -0.2) is 0 Å². The summed E-state index contributed by atoms with van der Waals surface area (Å²) in [6.45, 7) is 7.38. The van der Waals surface area contributed by atoms with Crippen molar-refractivity contribution in [1.29, 1.82) is 0 Å². The van der Waals surface area contributed by atoms with E-state index in [0.29, 0.717) is 12.8 Å². The summed E-state index contributed by atoms with van der Waals surface area (Å²) in [7, 11) is 0. The molecule has 138 valence electrons. The van der Waals surface area contributed by atoms with Crippen LogP contribution in [0.1, 0.15) is 36.5 Å². The Hall–Kier alpha value is -2.41. The molecule has 0 radical (unpaired) electrons. The van der Waals surface area contributed by atoms with Crippen molar-refractivity contribution in [3.05, 3.63) is 28.8 Å². The largest absolute Gasteiger partial charge is 0.480 e.